The van der Waals surface area contributed by atoms with E-state index >= 15 is 0 Å². The third-order valence-corrected chi connectivity index (χ3v) is 4.50. The number of nitrogens with one attached hydrogen (secondary N) is 2. The van der Waals surface area contributed by atoms with Gasteiger partial charge >= 0.3 is 5.97 Å². The van der Waals surface area contributed by atoms with Crippen LogP contribution in [0.5, 0.6) is 0 Å². The number of hydrogen-bond donors (Lipinski definition) is 2. The van der Waals surface area contributed by atoms with Crippen molar-refractivity contribution in [2.24, 2.45) is 4.99 Å². The Morgan fingerprint density at radius 3 is 2.69 bits per heavy atom. The molecule has 0 aliphatic carbocycles. The van der Waals surface area contributed by atoms with Crippen molar-refractivity contribution in [2.45, 2.75) is 45.7 Å². The number of piperidine rings is 1. The number of rotatable bonds is 6. The molecule has 2 rings (SSSR count). The van der Waals surface area contributed by atoms with E-state index in [1.165, 1.54) is 20.1 Å². The highest BCUT2D eigenvalue weighted by atomic mass is 127. The molecule has 2 N–H and O–H groups in total. The quantitative estimate of drug-likeness (QED) is 0.283. The Morgan fingerprint density at radius 2 is 2.12 bits per heavy atom. The highest BCUT2D eigenvalue weighted by Gasteiger charge is 2.20. The average Bonchev–Trinajstić information content (AvgIpc) is 3.00. The molecule has 0 bridgehead atoms. The predicted octanol–water partition coefficient (Wildman–Crippen LogP) is 2.53. The average molecular weight is 478 g/mol. The zero-order chi connectivity index (χ0) is 18.2. The molecule has 0 amide bonds. The maximum Gasteiger partial charge on any atom is 0.341 e. The molecule has 8 heteroatoms. The first-order valence-electron chi connectivity index (χ1n) is 8.94. The summed E-state index contributed by atoms with van der Waals surface area (Å²) in [6.07, 6.45) is 3.44. The van der Waals surface area contributed by atoms with Crippen LogP contribution in [0.1, 0.15) is 48.1 Å². The number of hydrogen-bond acceptors (Lipinski definition) is 5. The molecular formula is C18H31IN4O3. The number of esters is 1. The molecule has 1 aromatic rings. The molecule has 1 aromatic heterocycles. The first kappa shape index (κ1) is 22.8. The number of likely N-dealkylation sites (tertiary alicyclic amines) is 1. The van der Waals surface area contributed by atoms with Gasteiger partial charge in [-0.2, -0.15) is 0 Å². The zero-order valence-corrected chi connectivity index (χ0v) is 18.5. The minimum Gasteiger partial charge on any atom is -0.465 e. The van der Waals surface area contributed by atoms with Crippen LogP contribution in [0.3, 0.4) is 0 Å². The number of halogens is 1. The van der Waals surface area contributed by atoms with Gasteiger partial charge in [0, 0.05) is 26.2 Å². The lowest BCUT2D eigenvalue weighted by atomic mass is 10.1. The third-order valence-electron chi connectivity index (χ3n) is 4.50. The Morgan fingerprint density at radius 1 is 1.42 bits per heavy atom. The summed E-state index contributed by atoms with van der Waals surface area (Å²) < 4.78 is 10.4. The van der Waals surface area contributed by atoms with Crippen molar-refractivity contribution in [1.29, 1.82) is 0 Å². The SMILES string of the molecule is CCCN1CCC(NC(=NC)NCc2cc(C(=O)OC)c(C)o2)CC1.I. The van der Waals surface area contributed by atoms with E-state index in [4.69, 9.17) is 9.15 Å². The van der Waals surface area contributed by atoms with E-state index < -0.39 is 0 Å². The maximum absolute atomic E-state index is 11.6. The van der Waals surface area contributed by atoms with E-state index in [-0.39, 0.29) is 29.9 Å². The number of aliphatic imine (C=N–C) groups is 1. The van der Waals surface area contributed by atoms with Crippen molar-refractivity contribution < 1.29 is 13.9 Å². The number of ether oxygens (including phenoxy) is 1. The van der Waals surface area contributed by atoms with Gasteiger partial charge in [0.25, 0.3) is 0 Å². The molecular weight excluding hydrogens is 447 g/mol. The van der Waals surface area contributed by atoms with Crippen LogP contribution in [-0.2, 0) is 11.3 Å². The highest BCUT2D eigenvalue weighted by Crippen LogP contribution is 2.15. The summed E-state index contributed by atoms with van der Waals surface area (Å²) in [7, 11) is 3.12. The van der Waals surface area contributed by atoms with Gasteiger partial charge in [-0.3, -0.25) is 4.99 Å². The number of nitrogens with zero attached hydrogens (tertiary/aromatic N) is 2. The van der Waals surface area contributed by atoms with E-state index in [2.05, 4.69) is 27.4 Å². The van der Waals surface area contributed by atoms with E-state index in [1.54, 1.807) is 20.0 Å². The molecule has 148 valence electrons. The van der Waals surface area contributed by atoms with Gasteiger partial charge in [0.2, 0.25) is 0 Å². The second kappa shape index (κ2) is 11.4. The third kappa shape index (κ3) is 6.46. The summed E-state index contributed by atoms with van der Waals surface area (Å²) in [5.74, 6) is 1.62. The van der Waals surface area contributed by atoms with Gasteiger partial charge in [-0.25, -0.2) is 4.79 Å². The minimum atomic E-state index is -0.381. The highest BCUT2D eigenvalue weighted by molar-refractivity contribution is 14.0. The standard InChI is InChI=1S/C18H30N4O3.HI/c1-5-8-22-9-6-14(7-10-22)21-18(19-3)20-12-15-11-16(13(2)25-15)17(23)24-4;/h11,14H,5-10,12H2,1-4H3,(H2,19,20,21);1H. The topological polar surface area (TPSA) is 79.1 Å². The Bertz CT molecular complexity index is 595. The molecule has 0 aromatic carbocycles. The lowest BCUT2D eigenvalue weighted by Crippen LogP contribution is -2.48. The van der Waals surface area contributed by atoms with Gasteiger partial charge in [0.05, 0.1) is 13.7 Å². The van der Waals surface area contributed by atoms with Crippen LogP contribution in [0, 0.1) is 6.92 Å². The minimum absolute atomic E-state index is 0. The summed E-state index contributed by atoms with van der Waals surface area (Å²) >= 11 is 0. The lowest BCUT2D eigenvalue weighted by Gasteiger charge is -2.32. The Kier molecular flexibility index (Phi) is 10.0. The normalized spacial score (nSPS) is 16.1. The smallest absolute Gasteiger partial charge is 0.341 e. The fourth-order valence-electron chi connectivity index (χ4n) is 3.12. The van der Waals surface area contributed by atoms with Crippen LogP contribution in [0.4, 0.5) is 0 Å². The van der Waals surface area contributed by atoms with Crippen LogP contribution in [0.2, 0.25) is 0 Å². The molecule has 0 spiro atoms. The van der Waals surface area contributed by atoms with Crippen LogP contribution in [0.25, 0.3) is 0 Å². The largest absolute Gasteiger partial charge is 0.465 e. The number of carbonyl (C=O) groups is 1. The number of guanidine groups is 1. The second-order valence-electron chi connectivity index (χ2n) is 6.36. The molecule has 0 unspecified atom stereocenters. The van der Waals surface area contributed by atoms with Crippen LogP contribution in [-0.4, -0.2) is 56.7 Å². The molecule has 1 aliphatic rings. The number of furan rings is 1. The molecule has 0 radical (unpaired) electrons. The summed E-state index contributed by atoms with van der Waals surface area (Å²) in [4.78, 5) is 18.4. The van der Waals surface area contributed by atoms with Gasteiger partial charge in [-0.15, -0.1) is 24.0 Å². The monoisotopic (exact) mass is 478 g/mol. The molecule has 1 fully saturated rings. The molecule has 1 saturated heterocycles. The molecule has 1 aliphatic heterocycles. The van der Waals surface area contributed by atoms with E-state index in [0.29, 0.717) is 29.7 Å². The van der Waals surface area contributed by atoms with Crippen molar-refractivity contribution in [1.82, 2.24) is 15.5 Å². The van der Waals surface area contributed by atoms with Gasteiger partial charge in [0.15, 0.2) is 5.96 Å². The summed E-state index contributed by atoms with van der Waals surface area (Å²) in [6.45, 7) is 7.88. The van der Waals surface area contributed by atoms with Gasteiger partial charge < -0.3 is 24.7 Å². The van der Waals surface area contributed by atoms with Crippen molar-refractivity contribution in [2.75, 3.05) is 33.8 Å². The van der Waals surface area contributed by atoms with Gasteiger partial charge in [-0.1, -0.05) is 6.92 Å². The Labute approximate surface area is 173 Å². The van der Waals surface area contributed by atoms with Crippen molar-refractivity contribution >= 4 is 35.9 Å². The summed E-state index contributed by atoms with van der Waals surface area (Å²) in [6, 6.07) is 2.15. The Hall–Kier alpha value is -1.29. The fourth-order valence-corrected chi connectivity index (χ4v) is 3.12. The molecule has 2 heterocycles. The van der Waals surface area contributed by atoms with Crippen molar-refractivity contribution in [3.8, 4) is 0 Å². The van der Waals surface area contributed by atoms with Gasteiger partial charge in [-0.05, 0) is 38.8 Å². The van der Waals surface area contributed by atoms with E-state index in [1.807, 2.05) is 0 Å². The summed E-state index contributed by atoms with van der Waals surface area (Å²) in [5.41, 5.74) is 0.463. The van der Waals surface area contributed by atoms with Crippen LogP contribution < -0.4 is 10.6 Å². The fraction of sp³-hybridized carbons (Fsp3) is 0.667. The number of methoxy groups -OCH3 is 1. The molecule has 7 nitrogen and oxygen atoms in total. The summed E-state index contributed by atoms with van der Waals surface area (Å²) in [5, 5.41) is 6.72. The van der Waals surface area contributed by atoms with Crippen LogP contribution >= 0.6 is 24.0 Å². The molecule has 26 heavy (non-hydrogen) atoms. The first-order chi connectivity index (χ1) is 12.1. The number of aryl methyl sites for hydroxylation is 1. The Balaban J connectivity index is 0.00000338. The van der Waals surface area contributed by atoms with Gasteiger partial charge in [0.1, 0.15) is 17.1 Å². The zero-order valence-electron chi connectivity index (χ0n) is 16.1. The van der Waals surface area contributed by atoms with Crippen molar-refractivity contribution in [3.05, 3.63) is 23.2 Å². The second-order valence-corrected chi connectivity index (χ2v) is 6.36. The first-order valence-corrected chi connectivity index (χ1v) is 8.94. The lowest BCUT2D eigenvalue weighted by molar-refractivity contribution is 0.0599. The van der Waals surface area contributed by atoms with E-state index in [9.17, 15) is 4.79 Å². The predicted molar refractivity (Wildman–Crippen MR) is 113 cm³/mol. The number of carbonyl (C=O) groups excluding carboxylic acids is 1. The molecule has 0 atom stereocenters. The van der Waals surface area contributed by atoms with E-state index in [0.717, 1.165) is 31.9 Å². The molecule has 0 saturated carbocycles. The van der Waals surface area contributed by atoms with Crippen LogP contribution in [0.15, 0.2) is 15.5 Å². The van der Waals surface area contributed by atoms with Crippen molar-refractivity contribution in [3.63, 3.8) is 0 Å². The maximum atomic E-state index is 11.6.